The van der Waals surface area contributed by atoms with Crippen molar-refractivity contribution in [3.05, 3.63) is 35.9 Å². The molecule has 1 aromatic rings. The van der Waals surface area contributed by atoms with Crippen LogP contribution >= 0.6 is 0 Å². The van der Waals surface area contributed by atoms with Crippen molar-refractivity contribution < 1.29 is 18.0 Å². The van der Waals surface area contributed by atoms with E-state index in [1.165, 1.54) is 0 Å². The molecular weight excluding hydrogens is 304 g/mol. The van der Waals surface area contributed by atoms with E-state index in [1.54, 1.807) is 29.2 Å². The van der Waals surface area contributed by atoms with E-state index in [0.29, 0.717) is 18.4 Å². The number of hydrogen-bond acceptors (Lipinski definition) is 4. The smallest absolute Gasteiger partial charge is 0.245 e. The molecule has 3 rings (SSSR count). The van der Waals surface area contributed by atoms with Gasteiger partial charge in [-0.25, -0.2) is 8.42 Å². The summed E-state index contributed by atoms with van der Waals surface area (Å²) in [5, 5.41) is 1.96. The first-order chi connectivity index (χ1) is 10.5. The number of nitrogens with zero attached hydrogens (tertiary/aromatic N) is 1. The number of amides is 2. The number of rotatable bonds is 2. The SMILES string of the molecule is O=C1CCC(C(=O)N2CCS(=O)(=O)C(c3ccccc3)C2)N1. The zero-order valence-electron chi connectivity index (χ0n) is 12.1. The quantitative estimate of drug-likeness (QED) is 0.847. The molecule has 2 amide bonds. The van der Waals surface area contributed by atoms with E-state index in [9.17, 15) is 18.0 Å². The van der Waals surface area contributed by atoms with Gasteiger partial charge in [0.2, 0.25) is 11.8 Å². The van der Waals surface area contributed by atoms with E-state index in [-0.39, 0.29) is 30.7 Å². The Bertz CT molecular complexity index is 687. The van der Waals surface area contributed by atoms with Crippen LogP contribution in [0.25, 0.3) is 0 Å². The first-order valence-corrected chi connectivity index (χ1v) is 9.03. The van der Waals surface area contributed by atoms with Crippen molar-refractivity contribution in [3.8, 4) is 0 Å². The predicted octanol–water partition coefficient (Wildman–Crippen LogP) is 0.263. The number of nitrogens with one attached hydrogen (secondary N) is 1. The summed E-state index contributed by atoms with van der Waals surface area (Å²) < 4.78 is 24.6. The lowest BCUT2D eigenvalue weighted by atomic mass is 10.1. The predicted molar refractivity (Wildman–Crippen MR) is 80.7 cm³/mol. The molecule has 6 nitrogen and oxygen atoms in total. The molecule has 2 unspecified atom stereocenters. The molecule has 2 aliphatic rings. The fourth-order valence-corrected chi connectivity index (χ4v) is 4.72. The summed E-state index contributed by atoms with van der Waals surface area (Å²) in [6.45, 7) is 0.342. The molecule has 7 heteroatoms. The second-order valence-corrected chi connectivity index (χ2v) is 8.01. The lowest BCUT2D eigenvalue weighted by Gasteiger charge is -2.34. The van der Waals surface area contributed by atoms with Gasteiger partial charge in [-0.2, -0.15) is 0 Å². The number of sulfone groups is 1. The largest absolute Gasteiger partial charge is 0.344 e. The van der Waals surface area contributed by atoms with Crippen LogP contribution in [0, 0.1) is 0 Å². The Kier molecular flexibility index (Phi) is 3.90. The molecule has 0 spiro atoms. The Balaban J connectivity index is 1.79. The van der Waals surface area contributed by atoms with Crippen LogP contribution in [-0.2, 0) is 19.4 Å². The minimum absolute atomic E-state index is 0.0427. The Hall–Kier alpha value is -1.89. The fraction of sp³-hybridized carbons (Fsp3) is 0.467. The summed E-state index contributed by atoms with van der Waals surface area (Å²) in [5.74, 6) is -0.344. The molecule has 0 saturated carbocycles. The second-order valence-electron chi connectivity index (χ2n) is 5.71. The summed E-state index contributed by atoms with van der Waals surface area (Å²) in [5.41, 5.74) is 0.704. The van der Waals surface area contributed by atoms with Gasteiger partial charge in [0.05, 0.1) is 5.75 Å². The third kappa shape index (κ3) is 2.85. The maximum Gasteiger partial charge on any atom is 0.245 e. The molecule has 1 N–H and O–H groups in total. The topological polar surface area (TPSA) is 83.6 Å². The first-order valence-electron chi connectivity index (χ1n) is 7.32. The molecular formula is C15H18N2O4S. The van der Waals surface area contributed by atoms with Crippen molar-refractivity contribution in [2.24, 2.45) is 0 Å². The number of carbonyl (C=O) groups excluding carboxylic acids is 2. The van der Waals surface area contributed by atoms with E-state index in [1.807, 2.05) is 6.07 Å². The van der Waals surface area contributed by atoms with Crippen LogP contribution in [0.3, 0.4) is 0 Å². The van der Waals surface area contributed by atoms with E-state index in [4.69, 9.17) is 0 Å². The monoisotopic (exact) mass is 322 g/mol. The summed E-state index contributed by atoms with van der Waals surface area (Å²) in [7, 11) is -3.26. The van der Waals surface area contributed by atoms with Crippen molar-refractivity contribution in [2.45, 2.75) is 24.1 Å². The second kappa shape index (κ2) is 5.72. The van der Waals surface area contributed by atoms with Crippen molar-refractivity contribution in [1.29, 1.82) is 0 Å². The highest BCUT2D eigenvalue weighted by atomic mass is 32.2. The van der Waals surface area contributed by atoms with Gasteiger partial charge in [0.1, 0.15) is 11.3 Å². The molecule has 118 valence electrons. The summed E-state index contributed by atoms with van der Waals surface area (Å²) in [4.78, 5) is 25.3. The Morgan fingerprint density at radius 1 is 1.23 bits per heavy atom. The summed E-state index contributed by atoms with van der Waals surface area (Å²) in [6, 6.07) is 8.45. The van der Waals surface area contributed by atoms with Crippen LogP contribution in [-0.4, -0.2) is 50.0 Å². The van der Waals surface area contributed by atoms with Gasteiger partial charge in [-0.05, 0) is 12.0 Å². The van der Waals surface area contributed by atoms with E-state index in [0.717, 1.165) is 0 Å². The van der Waals surface area contributed by atoms with Crippen LogP contribution < -0.4 is 5.32 Å². The van der Waals surface area contributed by atoms with E-state index in [2.05, 4.69) is 5.32 Å². The molecule has 2 saturated heterocycles. The van der Waals surface area contributed by atoms with Crippen molar-refractivity contribution >= 4 is 21.7 Å². The lowest BCUT2D eigenvalue weighted by Crippen LogP contribution is -2.51. The first kappa shape index (κ1) is 15.0. The van der Waals surface area contributed by atoms with Crippen LogP contribution in [0.15, 0.2) is 30.3 Å². The molecule has 0 radical (unpaired) electrons. The Morgan fingerprint density at radius 3 is 2.59 bits per heavy atom. The molecule has 1 aromatic carbocycles. The zero-order chi connectivity index (χ0) is 15.7. The van der Waals surface area contributed by atoms with Gasteiger partial charge in [-0.1, -0.05) is 30.3 Å². The highest BCUT2D eigenvalue weighted by Gasteiger charge is 2.39. The van der Waals surface area contributed by atoms with Crippen LogP contribution in [0.1, 0.15) is 23.7 Å². The van der Waals surface area contributed by atoms with Crippen molar-refractivity contribution in [3.63, 3.8) is 0 Å². The third-order valence-electron chi connectivity index (χ3n) is 4.24. The summed E-state index contributed by atoms with van der Waals surface area (Å²) >= 11 is 0. The number of carbonyl (C=O) groups is 2. The Labute approximate surface area is 129 Å². The molecule has 2 atom stereocenters. The Morgan fingerprint density at radius 2 is 1.95 bits per heavy atom. The minimum Gasteiger partial charge on any atom is -0.344 e. The van der Waals surface area contributed by atoms with Gasteiger partial charge in [0, 0.05) is 19.5 Å². The van der Waals surface area contributed by atoms with Gasteiger partial charge >= 0.3 is 0 Å². The van der Waals surface area contributed by atoms with Gasteiger partial charge in [-0.3, -0.25) is 9.59 Å². The lowest BCUT2D eigenvalue weighted by molar-refractivity contribution is -0.134. The highest BCUT2D eigenvalue weighted by molar-refractivity contribution is 7.91. The number of hydrogen-bond donors (Lipinski definition) is 1. The third-order valence-corrected chi connectivity index (χ3v) is 6.28. The standard InChI is InChI=1S/C15H18N2O4S/c18-14-7-6-12(16-14)15(19)17-8-9-22(20,21)13(10-17)11-4-2-1-3-5-11/h1-5,12-13H,6-10H2,(H,16,18). The molecule has 2 fully saturated rings. The highest BCUT2D eigenvalue weighted by Crippen LogP contribution is 2.28. The van der Waals surface area contributed by atoms with Gasteiger partial charge in [0.25, 0.3) is 0 Å². The maximum absolute atomic E-state index is 12.5. The maximum atomic E-state index is 12.5. The van der Waals surface area contributed by atoms with Gasteiger partial charge in [-0.15, -0.1) is 0 Å². The normalized spacial score (nSPS) is 27.5. The van der Waals surface area contributed by atoms with Crippen LogP contribution in [0.5, 0.6) is 0 Å². The average molecular weight is 322 g/mol. The number of benzene rings is 1. The van der Waals surface area contributed by atoms with E-state index >= 15 is 0 Å². The van der Waals surface area contributed by atoms with Gasteiger partial charge < -0.3 is 10.2 Å². The fourth-order valence-electron chi connectivity index (χ4n) is 2.99. The average Bonchev–Trinajstić information content (AvgIpc) is 2.94. The van der Waals surface area contributed by atoms with Crippen LogP contribution in [0.4, 0.5) is 0 Å². The zero-order valence-corrected chi connectivity index (χ0v) is 12.9. The molecule has 0 bridgehead atoms. The summed E-state index contributed by atoms with van der Waals surface area (Å²) in [6.07, 6.45) is 0.835. The molecule has 2 aliphatic heterocycles. The molecule has 22 heavy (non-hydrogen) atoms. The van der Waals surface area contributed by atoms with Crippen LogP contribution in [0.2, 0.25) is 0 Å². The molecule has 0 aliphatic carbocycles. The van der Waals surface area contributed by atoms with Crippen molar-refractivity contribution in [1.82, 2.24) is 10.2 Å². The molecule has 0 aromatic heterocycles. The van der Waals surface area contributed by atoms with Crippen molar-refractivity contribution in [2.75, 3.05) is 18.8 Å². The molecule has 2 heterocycles. The van der Waals surface area contributed by atoms with Gasteiger partial charge in [0.15, 0.2) is 9.84 Å². The minimum atomic E-state index is -3.26. The van der Waals surface area contributed by atoms with E-state index < -0.39 is 21.1 Å².